The molecule has 142 valence electrons. The van der Waals surface area contributed by atoms with Crippen LogP contribution in [0.3, 0.4) is 0 Å². The summed E-state index contributed by atoms with van der Waals surface area (Å²) in [7, 11) is 0. The lowest BCUT2D eigenvalue weighted by Gasteiger charge is -2.42. The Kier molecular flexibility index (Phi) is 6.14. The molecule has 25 heavy (non-hydrogen) atoms. The molecule has 2 aliphatic heterocycles. The van der Waals surface area contributed by atoms with Gasteiger partial charge in [-0.25, -0.2) is 4.79 Å². The van der Waals surface area contributed by atoms with Crippen molar-refractivity contribution >= 4 is 12.0 Å². The lowest BCUT2D eigenvalue weighted by atomic mass is 9.85. The van der Waals surface area contributed by atoms with Crippen LogP contribution in [0.25, 0.3) is 0 Å². The molecule has 3 aliphatic rings. The highest BCUT2D eigenvalue weighted by Gasteiger charge is 2.35. The summed E-state index contributed by atoms with van der Waals surface area (Å²) in [6.07, 6.45) is 4.73. The number of likely N-dealkylation sites (N-methyl/N-ethyl adjacent to an activating group) is 1. The Balaban J connectivity index is 1.27. The molecule has 2 saturated heterocycles. The Labute approximate surface area is 148 Å². The van der Waals surface area contributed by atoms with Crippen molar-refractivity contribution in [1.82, 2.24) is 20.4 Å². The number of aliphatic carboxylic acids is 1. The van der Waals surface area contributed by atoms with Crippen LogP contribution >= 0.6 is 0 Å². The van der Waals surface area contributed by atoms with E-state index in [1.165, 1.54) is 0 Å². The summed E-state index contributed by atoms with van der Waals surface area (Å²) in [6, 6.07) is 0.281. The molecular formula is C17H30N4O4. The van der Waals surface area contributed by atoms with E-state index in [-0.39, 0.29) is 24.7 Å². The number of amides is 2. The fourth-order valence-electron chi connectivity index (χ4n) is 4.12. The van der Waals surface area contributed by atoms with Gasteiger partial charge in [-0.15, -0.1) is 0 Å². The van der Waals surface area contributed by atoms with Gasteiger partial charge in [0.1, 0.15) is 0 Å². The summed E-state index contributed by atoms with van der Waals surface area (Å²) in [4.78, 5) is 27.1. The number of nitrogens with one attached hydrogen (secondary N) is 2. The highest BCUT2D eigenvalue weighted by molar-refractivity contribution is 5.74. The second kappa shape index (κ2) is 8.33. The first-order valence-corrected chi connectivity index (χ1v) is 9.41. The van der Waals surface area contributed by atoms with Gasteiger partial charge in [-0.05, 0) is 32.2 Å². The Morgan fingerprint density at radius 1 is 1.24 bits per heavy atom. The minimum atomic E-state index is -0.799. The summed E-state index contributed by atoms with van der Waals surface area (Å²) in [6.45, 7) is 6.20. The van der Waals surface area contributed by atoms with Crippen molar-refractivity contribution < 1.29 is 19.4 Å². The zero-order chi connectivity index (χ0) is 17.8. The molecule has 1 aliphatic carbocycles. The first-order valence-electron chi connectivity index (χ1n) is 9.41. The Hall–Kier alpha value is -1.38. The molecule has 2 amide bonds. The Bertz CT molecular complexity index is 471. The quantitative estimate of drug-likeness (QED) is 0.572. The average molecular weight is 354 g/mol. The molecule has 2 unspecified atom stereocenters. The third-order valence-corrected chi connectivity index (χ3v) is 5.54. The van der Waals surface area contributed by atoms with Gasteiger partial charge in [0.15, 0.2) is 0 Å². The number of ether oxygens (including phenoxy) is 1. The lowest BCUT2D eigenvalue weighted by Crippen LogP contribution is -2.56. The number of hydrogen-bond acceptors (Lipinski definition) is 5. The second-order valence-electron chi connectivity index (χ2n) is 7.40. The first-order chi connectivity index (χ1) is 12.0. The number of hydrogen-bond donors (Lipinski definition) is 3. The Morgan fingerprint density at radius 3 is 2.52 bits per heavy atom. The van der Waals surface area contributed by atoms with Crippen LogP contribution in [0.15, 0.2) is 0 Å². The number of rotatable bonds is 8. The highest BCUT2D eigenvalue weighted by atomic mass is 16.5. The van der Waals surface area contributed by atoms with Crippen molar-refractivity contribution in [2.75, 3.05) is 39.3 Å². The van der Waals surface area contributed by atoms with Crippen molar-refractivity contribution in [3.8, 4) is 0 Å². The molecule has 0 aromatic heterocycles. The molecule has 0 radical (unpaired) electrons. The van der Waals surface area contributed by atoms with Gasteiger partial charge in [0, 0.05) is 38.3 Å². The SMILES string of the molecule is CCN(CC(=O)O)C1CC(NC(=O)NCCN2CC3CCC(C2)O3)C1. The van der Waals surface area contributed by atoms with Crippen LogP contribution < -0.4 is 10.6 Å². The number of carboxylic acid groups (broad SMARTS) is 1. The summed E-state index contributed by atoms with van der Waals surface area (Å²) in [5.74, 6) is -0.799. The third-order valence-electron chi connectivity index (χ3n) is 5.54. The van der Waals surface area contributed by atoms with E-state index in [0.29, 0.717) is 18.8 Å². The standard InChI is InChI=1S/C17H30N4O4/c1-2-21(11-16(22)23)13-7-12(8-13)19-17(24)18-5-6-20-9-14-3-4-15(10-20)25-14/h12-15H,2-11H2,1H3,(H,22,23)(H2,18,19,24). The predicted octanol–water partition coefficient (Wildman–Crippen LogP) is 0.0863. The van der Waals surface area contributed by atoms with Crippen molar-refractivity contribution in [1.29, 1.82) is 0 Å². The smallest absolute Gasteiger partial charge is 0.317 e. The van der Waals surface area contributed by atoms with Gasteiger partial charge >= 0.3 is 12.0 Å². The topological polar surface area (TPSA) is 94.1 Å². The van der Waals surface area contributed by atoms with Crippen LogP contribution in [-0.2, 0) is 9.53 Å². The van der Waals surface area contributed by atoms with Crippen LogP contribution in [0.4, 0.5) is 4.79 Å². The summed E-state index contributed by atoms with van der Waals surface area (Å²) in [5.41, 5.74) is 0. The maximum absolute atomic E-state index is 12.0. The first kappa shape index (κ1) is 18.4. The molecule has 3 N–H and O–H groups in total. The number of carbonyl (C=O) groups excluding carboxylic acids is 1. The van der Waals surface area contributed by atoms with E-state index < -0.39 is 5.97 Å². The fraction of sp³-hybridized carbons (Fsp3) is 0.882. The van der Waals surface area contributed by atoms with Gasteiger partial charge in [-0.3, -0.25) is 14.6 Å². The van der Waals surface area contributed by atoms with Gasteiger partial charge in [0.05, 0.1) is 18.8 Å². The van der Waals surface area contributed by atoms with Crippen molar-refractivity contribution in [2.24, 2.45) is 0 Å². The van der Waals surface area contributed by atoms with Crippen LogP contribution in [0.5, 0.6) is 0 Å². The number of fused-ring (bicyclic) bond motifs is 2. The number of morpholine rings is 1. The Morgan fingerprint density at radius 2 is 1.92 bits per heavy atom. The van der Waals surface area contributed by atoms with Gasteiger partial charge in [-0.2, -0.15) is 0 Å². The number of urea groups is 1. The minimum Gasteiger partial charge on any atom is -0.480 e. The number of carboxylic acids is 1. The molecule has 1 saturated carbocycles. The van der Waals surface area contributed by atoms with Crippen LogP contribution in [0.1, 0.15) is 32.6 Å². The van der Waals surface area contributed by atoms with E-state index in [4.69, 9.17) is 9.84 Å². The highest BCUT2D eigenvalue weighted by Crippen LogP contribution is 2.26. The van der Waals surface area contributed by atoms with Gasteiger partial charge in [0.2, 0.25) is 0 Å². The molecule has 3 fully saturated rings. The maximum Gasteiger partial charge on any atom is 0.317 e. The maximum atomic E-state index is 12.0. The molecule has 0 aromatic rings. The molecular weight excluding hydrogens is 324 g/mol. The van der Waals surface area contributed by atoms with Gasteiger partial charge in [-0.1, -0.05) is 6.92 Å². The fourth-order valence-corrected chi connectivity index (χ4v) is 4.12. The van der Waals surface area contributed by atoms with Crippen molar-refractivity contribution in [3.63, 3.8) is 0 Å². The third kappa shape index (κ3) is 5.05. The predicted molar refractivity (Wildman–Crippen MR) is 92.6 cm³/mol. The molecule has 2 atom stereocenters. The number of nitrogens with zero attached hydrogens (tertiary/aromatic N) is 2. The van der Waals surface area contributed by atoms with E-state index in [1.807, 2.05) is 11.8 Å². The molecule has 2 bridgehead atoms. The molecule has 0 aromatic carbocycles. The summed E-state index contributed by atoms with van der Waals surface area (Å²) >= 11 is 0. The summed E-state index contributed by atoms with van der Waals surface area (Å²) < 4.78 is 5.81. The van der Waals surface area contributed by atoms with E-state index in [0.717, 1.165) is 51.9 Å². The molecule has 2 heterocycles. The largest absolute Gasteiger partial charge is 0.480 e. The van der Waals surface area contributed by atoms with Crippen LogP contribution in [0, 0.1) is 0 Å². The van der Waals surface area contributed by atoms with Gasteiger partial charge < -0.3 is 20.5 Å². The van der Waals surface area contributed by atoms with Crippen molar-refractivity contribution in [2.45, 2.75) is 56.9 Å². The average Bonchev–Trinajstić information content (AvgIpc) is 2.87. The van der Waals surface area contributed by atoms with E-state index >= 15 is 0 Å². The molecule has 3 rings (SSSR count). The van der Waals surface area contributed by atoms with E-state index in [9.17, 15) is 9.59 Å². The molecule has 0 spiro atoms. The molecule has 8 nitrogen and oxygen atoms in total. The van der Waals surface area contributed by atoms with Crippen molar-refractivity contribution in [3.05, 3.63) is 0 Å². The van der Waals surface area contributed by atoms with Crippen LogP contribution in [-0.4, -0.2) is 90.5 Å². The minimum absolute atomic E-state index is 0.0711. The zero-order valence-electron chi connectivity index (χ0n) is 14.9. The van der Waals surface area contributed by atoms with E-state index in [1.54, 1.807) is 0 Å². The lowest BCUT2D eigenvalue weighted by molar-refractivity contribution is -0.139. The number of carbonyl (C=O) groups is 2. The van der Waals surface area contributed by atoms with Crippen LogP contribution in [0.2, 0.25) is 0 Å². The second-order valence-corrected chi connectivity index (χ2v) is 7.40. The number of likely N-dealkylation sites (tertiary alicyclic amines) is 1. The molecule has 8 heteroatoms. The van der Waals surface area contributed by atoms with E-state index in [2.05, 4.69) is 15.5 Å². The van der Waals surface area contributed by atoms with Gasteiger partial charge in [0.25, 0.3) is 0 Å². The normalized spacial score (nSPS) is 31.6. The zero-order valence-corrected chi connectivity index (χ0v) is 14.9. The monoisotopic (exact) mass is 354 g/mol. The summed E-state index contributed by atoms with van der Waals surface area (Å²) in [5, 5.41) is 14.8.